The van der Waals surface area contributed by atoms with Crippen LogP contribution in [0.1, 0.15) is 12.5 Å². The third kappa shape index (κ3) is 2.30. The Hall–Kier alpha value is -0.380. The van der Waals surface area contributed by atoms with Crippen molar-refractivity contribution in [1.29, 1.82) is 0 Å². The molecule has 0 aliphatic rings. The number of carbonyl (C=O) groups excluding carboxylic acids is 1. The highest BCUT2D eigenvalue weighted by Crippen LogP contribution is 2.23. The molecule has 4 heteroatoms. The smallest absolute Gasteiger partial charge is 0.245 e. The number of halogens is 2. The van der Waals surface area contributed by atoms with Gasteiger partial charge >= 0.3 is 0 Å². The third-order valence-electron chi connectivity index (χ3n) is 1.83. The van der Waals surface area contributed by atoms with E-state index >= 15 is 0 Å². The van der Waals surface area contributed by atoms with Crippen LogP contribution in [0.3, 0.4) is 0 Å². The second-order valence-corrected chi connectivity index (χ2v) is 4.25. The fourth-order valence-corrected chi connectivity index (χ4v) is 1.43. The molecule has 0 aromatic heterocycles. The van der Waals surface area contributed by atoms with E-state index in [1.165, 1.54) is 0 Å². The minimum atomic E-state index is -1.12. The lowest BCUT2D eigenvalue weighted by atomic mass is 9.95. The summed E-state index contributed by atoms with van der Waals surface area (Å²) in [6, 6.07) is 7.22. The highest BCUT2D eigenvalue weighted by molar-refractivity contribution is 9.10. The fourth-order valence-electron chi connectivity index (χ4n) is 0.925. The van der Waals surface area contributed by atoms with Crippen LogP contribution in [-0.4, -0.2) is 5.24 Å². The molecule has 0 fully saturated rings. The van der Waals surface area contributed by atoms with Crippen LogP contribution in [0.25, 0.3) is 0 Å². The minimum absolute atomic E-state index is 0.564. The minimum Gasteiger partial charge on any atom is -0.314 e. The van der Waals surface area contributed by atoms with Gasteiger partial charge in [-0.3, -0.25) is 4.79 Å². The molecule has 0 saturated heterocycles. The van der Waals surface area contributed by atoms with Crippen molar-refractivity contribution in [2.45, 2.75) is 12.5 Å². The first-order valence-corrected chi connectivity index (χ1v) is 4.86. The Morgan fingerprint density at radius 3 is 2.69 bits per heavy atom. The first kappa shape index (κ1) is 10.7. The van der Waals surface area contributed by atoms with Crippen LogP contribution in [0.2, 0.25) is 0 Å². The van der Waals surface area contributed by atoms with Gasteiger partial charge in [0.15, 0.2) is 0 Å². The van der Waals surface area contributed by atoms with Gasteiger partial charge in [0.2, 0.25) is 5.24 Å². The molecule has 2 nitrogen and oxygen atoms in total. The van der Waals surface area contributed by atoms with Gasteiger partial charge in [-0.1, -0.05) is 28.1 Å². The molecule has 13 heavy (non-hydrogen) atoms. The lowest BCUT2D eigenvalue weighted by molar-refractivity contribution is -0.116. The number of hydrogen-bond donors (Lipinski definition) is 1. The van der Waals surface area contributed by atoms with Gasteiger partial charge in [-0.15, -0.1) is 0 Å². The van der Waals surface area contributed by atoms with Gasteiger partial charge in [0, 0.05) is 4.47 Å². The average Bonchev–Trinajstić information content (AvgIpc) is 2.04. The van der Waals surface area contributed by atoms with Gasteiger partial charge in [-0.05, 0) is 36.2 Å². The van der Waals surface area contributed by atoms with Crippen LogP contribution in [-0.2, 0) is 10.3 Å². The van der Waals surface area contributed by atoms with Gasteiger partial charge in [-0.2, -0.15) is 0 Å². The Balaban J connectivity index is 3.14. The summed E-state index contributed by atoms with van der Waals surface area (Å²) < 4.78 is 0.875. The largest absolute Gasteiger partial charge is 0.314 e. The van der Waals surface area contributed by atoms with E-state index in [2.05, 4.69) is 15.9 Å². The van der Waals surface area contributed by atoms with Crippen LogP contribution in [0.5, 0.6) is 0 Å². The summed E-state index contributed by atoms with van der Waals surface area (Å²) in [5, 5.41) is -0.564. The van der Waals surface area contributed by atoms with Gasteiger partial charge in [0.25, 0.3) is 0 Å². The zero-order chi connectivity index (χ0) is 10.1. The normalized spacial score (nSPS) is 15.1. The van der Waals surface area contributed by atoms with Crippen molar-refractivity contribution >= 4 is 32.8 Å². The monoisotopic (exact) mass is 261 g/mol. The SMILES string of the molecule is CC(N)(C(=O)Cl)c1cccc(Br)c1. The van der Waals surface area contributed by atoms with Gasteiger partial charge in [0.05, 0.1) is 0 Å². The average molecular weight is 263 g/mol. The molecule has 0 amide bonds. The van der Waals surface area contributed by atoms with Gasteiger partial charge in [-0.25, -0.2) is 0 Å². The van der Waals surface area contributed by atoms with Crippen molar-refractivity contribution in [3.05, 3.63) is 34.3 Å². The molecule has 1 rings (SSSR count). The number of hydrogen-bond acceptors (Lipinski definition) is 2. The van der Waals surface area contributed by atoms with Crippen LogP contribution in [0.15, 0.2) is 28.7 Å². The number of benzene rings is 1. The highest BCUT2D eigenvalue weighted by atomic mass is 79.9. The summed E-state index contributed by atoms with van der Waals surface area (Å²) in [7, 11) is 0. The number of rotatable bonds is 2. The van der Waals surface area contributed by atoms with Crippen molar-refractivity contribution in [3.63, 3.8) is 0 Å². The molecular formula is C9H9BrClNO. The first-order valence-electron chi connectivity index (χ1n) is 3.69. The van der Waals surface area contributed by atoms with Crippen LogP contribution >= 0.6 is 27.5 Å². The number of carbonyl (C=O) groups is 1. The Morgan fingerprint density at radius 1 is 1.62 bits per heavy atom. The molecule has 70 valence electrons. The zero-order valence-electron chi connectivity index (χ0n) is 7.05. The molecule has 0 aliphatic carbocycles. The molecule has 1 atom stereocenters. The summed E-state index contributed by atoms with van der Waals surface area (Å²) >= 11 is 8.67. The molecule has 2 N–H and O–H groups in total. The van der Waals surface area contributed by atoms with E-state index in [4.69, 9.17) is 17.3 Å². The molecule has 0 heterocycles. The maximum atomic E-state index is 11.0. The van der Waals surface area contributed by atoms with Gasteiger partial charge in [0.1, 0.15) is 5.54 Å². The maximum Gasteiger partial charge on any atom is 0.245 e. The molecule has 1 aromatic rings. The Kier molecular flexibility index (Phi) is 3.11. The van der Waals surface area contributed by atoms with Crippen molar-refractivity contribution < 1.29 is 4.79 Å². The van der Waals surface area contributed by atoms with Crippen molar-refractivity contribution in [3.8, 4) is 0 Å². The van der Waals surface area contributed by atoms with Crippen molar-refractivity contribution in [2.75, 3.05) is 0 Å². The molecular weight excluding hydrogens is 253 g/mol. The summed E-state index contributed by atoms with van der Waals surface area (Å²) in [6.45, 7) is 1.59. The van der Waals surface area contributed by atoms with E-state index in [0.29, 0.717) is 5.56 Å². The maximum absolute atomic E-state index is 11.0. The second kappa shape index (κ2) is 3.78. The summed E-state index contributed by atoms with van der Waals surface area (Å²) in [6.07, 6.45) is 0. The molecule has 0 aliphatic heterocycles. The van der Waals surface area contributed by atoms with Crippen molar-refractivity contribution in [2.24, 2.45) is 5.73 Å². The lowest BCUT2D eigenvalue weighted by Gasteiger charge is -2.20. The topological polar surface area (TPSA) is 43.1 Å². The first-order chi connectivity index (χ1) is 5.94. The van der Waals surface area contributed by atoms with E-state index in [1.54, 1.807) is 19.1 Å². The predicted molar refractivity (Wildman–Crippen MR) is 56.5 cm³/mol. The zero-order valence-corrected chi connectivity index (χ0v) is 9.39. The highest BCUT2D eigenvalue weighted by Gasteiger charge is 2.28. The quantitative estimate of drug-likeness (QED) is 0.832. The summed E-state index contributed by atoms with van der Waals surface area (Å²) in [4.78, 5) is 11.0. The molecule has 0 radical (unpaired) electrons. The van der Waals surface area contributed by atoms with E-state index in [-0.39, 0.29) is 0 Å². The predicted octanol–water partition coefficient (Wildman–Crippen LogP) is 2.39. The number of nitrogens with two attached hydrogens (primary N) is 1. The van der Waals surface area contributed by atoms with E-state index in [0.717, 1.165) is 4.47 Å². The second-order valence-electron chi connectivity index (χ2n) is 2.99. The van der Waals surface area contributed by atoms with E-state index in [1.807, 2.05) is 12.1 Å². The summed E-state index contributed by atoms with van der Waals surface area (Å²) in [5.74, 6) is 0. The fraction of sp³-hybridized carbons (Fsp3) is 0.222. The summed E-state index contributed by atoms with van der Waals surface area (Å²) in [5.41, 5.74) is 5.32. The molecule has 0 bridgehead atoms. The van der Waals surface area contributed by atoms with Gasteiger partial charge < -0.3 is 5.73 Å². The lowest BCUT2D eigenvalue weighted by Crippen LogP contribution is -2.39. The Bertz CT molecular complexity index is 338. The standard InChI is InChI=1S/C9H9BrClNO/c1-9(12,8(11)13)6-3-2-4-7(10)5-6/h2-5H,12H2,1H3. The van der Waals surface area contributed by atoms with Crippen LogP contribution in [0, 0.1) is 0 Å². The molecule has 1 aromatic carbocycles. The van der Waals surface area contributed by atoms with E-state index in [9.17, 15) is 4.79 Å². The van der Waals surface area contributed by atoms with Crippen LogP contribution < -0.4 is 5.73 Å². The molecule has 1 unspecified atom stereocenters. The van der Waals surface area contributed by atoms with Crippen molar-refractivity contribution in [1.82, 2.24) is 0 Å². The third-order valence-corrected chi connectivity index (χ3v) is 2.72. The molecule has 0 saturated carbocycles. The Labute approximate surface area is 90.2 Å². The molecule has 0 spiro atoms. The Morgan fingerprint density at radius 2 is 2.23 bits per heavy atom. The van der Waals surface area contributed by atoms with E-state index < -0.39 is 10.8 Å². The van der Waals surface area contributed by atoms with Crippen LogP contribution in [0.4, 0.5) is 0 Å².